The van der Waals surface area contributed by atoms with Gasteiger partial charge in [-0.25, -0.2) is 0 Å². The minimum absolute atomic E-state index is 0.0138. The lowest BCUT2D eigenvalue weighted by Gasteiger charge is -2.33. The molecule has 33 heavy (non-hydrogen) atoms. The van der Waals surface area contributed by atoms with Gasteiger partial charge in [-0.15, -0.1) is 5.10 Å². The van der Waals surface area contributed by atoms with E-state index in [1.54, 1.807) is 17.0 Å². The van der Waals surface area contributed by atoms with E-state index in [2.05, 4.69) is 39.6 Å². The highest BCUT2D eigenvalue weighted by Crippen LogP contribution is 2.31. The second-order valence-electron chi connectivity index (χ2n) is 9.44. The Labute approximate surface area is 199 Å². The molecular weight excluding hydrogens is 446 g/mol. The number of carbonyl (C=O) groups is 2. The van der Waals surface area contributed by atoms with E-state index in [9.17, 15) is 9.59 Å². The zero-order chi connectivity index (χ0) is 24.2. The molecule has 0 radical (unpaired) electrons. The standard InChI is InChI=1S/C22H32ClN7O3/c1-22(2,13-28(3)4)12-24-20(31)15-6-8-29(9-7-15)21(32)16-10-17(23)18(11-19(16)33-5)30-14-25-26-27-30/h10-11,14-15H,6-9,12-13H2,1-5H3,(H,24,31). The quantitative estimate of drug-likeness (QED) is 0.618. The summed E-state index contributed by atoms with van der Waals surface area (Å²) in [5.74, 6) is 0.165. The van der Waals surface area contributed by atoms with Crippen LogP contribution in [0.5, 0.6) is 5.75 Å². The molecule has 11 heteroatoms. The molecule has 0 aliphatic carbocycles. The molecule has 1 aromatic carbocycles. The number of rotatable bonds is 8. The average molecular weight is 478 g/mol. The molecule has 0 unspecified atom stereocenters. The smallest absolute Gasteiger partial charge is 0.257 e. The number of ether oxygens (including phenoxy) is 1. The van der Waals surface area contributed by atoms with Gasteiger partial charge in [-0.3, -0.25) is 9.59 Å². The number of methoxy groups -OCH3 is 1. The normalized spacial score (nSPS) is 15.1. The molecule has 2 amide bonds. The maximum absolute atomic E-state index is 13.2. The second-order valence-corrected chi connectivity index (χ2v) is 9.85. The van der Waals surface area contributed by atoms with Gasteiger partial charge >= 0.3 is 0 Å². The highest BCUT2D eigenvalue weighted by atomic mass is 35.5. The first kappa shape index (κ1) is 24.9. The van der Waals surface area contributed by atoms with Gasteiger partial charge in [0, 0.05) is 38.2 Å². The first-order chi connectivity index (χ1) is 15.6. The number of tetrazole rings is 1. The van der Waals surface area contributed by atoms with Crippen molar-refractivity contribution in [1.29, 1.82) is 0 Å². The minimum Gasteiger partial charge on any atom is -0.496 e. The predicted molar refractivity (Wildman–Crippen MR) is 125 cm³/mol. The fourth-order valence-corrected chi connectivity index (χ4v) is 4.47. The summed E-state index contributed by atoms with van der Waals surface area (Å²) in [6, 6.07) is 3.22. The fourth-order valence-electron chi connectivity index (χ4n) is 4.22. The van der Waals surface area contributed by atoms with Crippen molar-refractivity contribution < 1.29 is 14.3 Å². The van der Waals surface area contributed by atoms with E-state index in [0.29, 0.717) is 54.5 Å². The van der Waals surface area contributed by atoms with Gasteiger partial charge in [0.1, 0.15) is 12.1 Å². The van der Waals surface area contributed by atoms with Crippen molar-refractivity contribution >= 4 is 23.4 Å². The molecule has 1 aliphatic heterocycles. The summed E-state index contributed by atoms with van der Waals surface area (Å²) < 4.78 is 6.85. The maximum atomic E-state index is 13.2. The van der Waals surface area contributed by atoms with Gasteiger partial charge in [0.25, 0.3) is 5.91 Å². The summed E-state index contributed by atoms with van der Waals surface area (Å²) in [5.41, 5.74) is 0.871. The summed E-state index contributed by atoms with van der Waals surface area (Å²) in [6.07, 6.45) is 2.65. The van der Waals surface area contributed by atoms with Crippen molar-refractivity contribution in [3.8, 4) is 11.4 Å². The number of amides is 2. The molecule has 2 aromatic rings. The van der Waals surface area contributed by atoms with Crippen LogP contribution in [0.2, 0.25) is 5.02 Å². The number of aromatic nitrogens is 4. The largest absolute Gasteiger partial charge is 0.496 e. The summed E-state index contributed by atoms with van der Waals surface area (Å²) in [6.45, 7) is 6.76. The molecule has 0 bridgehead atoms. The Morgan fingerprint density at radius 3 is 2.55 bits per heavy atom. The zero-order valence-electron chi connectivity index (χ0n) is 19.8. The van der Waals surface area contributed by atoms with Crippen molar-refractivity contribution in [3.63, 3.8) is 0 Å². The van der Waals surface area contributed by atoms with Gasteiger partial charge < -0.3 is 19.9 Å². The highest BCUT2D eigenvalue weighted by Gasteiger charge is 2.30. The third kappa shape index (κ3) is 6.20. The van der Waals surface area contributed by atoms with Crippen LogP contribution < -0.4 is 10.1 Å². The number of hydrogen-bond donors (Lipinski definition) is 1. The van der Waals surface area contributed by atoms with Gasteiger partial charge in [-0.1, -0.05) is 25.4 Å². The molecule has 1 N–H and O–H groups in total. The summed E-state index contributed by atoms with van der Waals surface area (Å²) in [5, 5.41) is 14.5. The van der Waals surface area contributed by atoms with Crippen molar-refractivity contribution in [1.82, 2.24) is 35.3 Å². The summed E-state index contributed by atoms with van der Waals surface area (Å²) in [7, 11) is 5.55. The Bertz CT molecular complexity index is 971. The molecule has 180 valence electrons. The van der Waals surface area contributed by atoms with Gasteiger partial charge in [0.05, 0.1) is 23.4 Å². The third-order valence-corrected chi connectivity index (χ3v) is 6.04. The van der Waals surface area contributed by atoms with Crippen LogP contribution in [0.1, 0.15) is 37.0 Å². The molecule has 0 saturated carbocycles. The van der Waals surface area contributed by atoms with Crippen LogP contribution in [0.3, 0.4) is 0 Å². The number of nitrogens with one attached hydrogen (secondary N) is 1. The van der Waals surface area contributed by atoms with E-state index in [1.165, 1.54) is 18.1 Å². The highest BCUT2D eigenvalue weighted by molar-refractivity contribution is 6.33. The number of nitrogens with zero attached hydrogens (tertiary/aromatic N) is 6. The van der Waals surface area contributed by atoms with Crippen molar-refractivity contribution in [2.45, 2.75) is 26.7 Å². The number of benzene rings is 1. The zero-order valence-corrected chi connectivity index (χ0v) is 20.6. The minimum atomic E-state index is -0.178. The van der Waals surface area contributed by atoms with Crippen LogP contribution in [0.25, 0.3) is 5.69 Å². The first-order valence-corrected chi connectivity index (χ1v) is 11.3. The van der Waals surface area contributed by atoms with Crippen LogP contribution in [0, 0.1) is 11.3 Å². The van der Waals surface area contributed by atoms with Crippen molar-refractivity contribution in [2.24, 2.45) is 11.3 Å². The average Bonchev–Trinajstić information content (AvgIpc) is 3.31. The fraction of sp³-hybridized carbons (Fsp3) is 0.591. The van der Waals surface area contributed by atoms with Crippen molar-refractivity contribution in [3.05, 3.63) is 29.0 Å². The SMILES string of the molecule is COc1cc(-n2cnnn2)c(Cl)cc1C(=O)N1CCC(C(=O)NCC(C)(C)CN(C)C)CC1. The molecule has 1 aliphatic rings. The van der Waals surface area contributed by atoms with Gasteiger partial charge in [0.15, 0.2) is 0 Å². The Morgan fingerprint density at radius 1 is 1.27 bits per heavy atom. The Balaban J connectivity index is 1.61. The topological polar surface area (TPSA) is 105 Å². The number of likely N-dealkylation sites (tertiary alicyclic amines) is 1. The molecule has 1 fully saturated rings. The molecule has 3 rings (SSSR count). The Morgan fingerprint density at radius 2 is 1.97 bits per heavy atom. The molecule has 2 heterocycles. The molecule has 0 spiro atoms. The number of carbonyl (C=O) groups excluding carboxylic acids is 2. The lowest BCUT2D eigenvalue weighted by atomic mass is 9.91. The lowest BCUT2D eigenvalue weighted by Crippen LogP contribution is -2.46. The number of piperidine rings is 1. The van der Waals surface area contributed by atoms with Gasteiger partial charge in [-0.2, -0.15) is 4.68 Å². The molecule has 0 atom stereocenters. The number of halogens is 1. The predicted octanol–water partition coefficient (Wildman–Crippen LogP) is 1.88. The third-order valence-electron chi connectivity index (χ3n) is 5.73. The molecule has 1 aromatic heterocycles. The summed E-state index contributed by atoms with van der Waals surface area (Å²) in [4.78, 5) is 29.7. The van der Waals surface area contributed by atoms with E-state index in [-0.39, 0.29) is 23.1 Å². The first-order valence-electron chi connectivity index (χ1n) is 10.9. The summed E-state index contributed by atoms with van der Waals surface area (Å²) >= 11 is 6.40. The monoisotopic (exact) mass is 477 g/mol. The van der Waals surface area contributed by atoms with E-state index in [4.69, 9.17) is 16.3 Å². The Hall–Kier alpha value is -2.72. The van der Waals surface area contributed by atoms with Crippen LogP contribution >= 0.6 is 11.6 Å². The van der Waals surface area contributed by atoms with E-state index >= 15 is 0 Å². The molecule has 10 nitrogen and oxygen atoms in total. The maximum Gasteiger partial charge on any atom is 0.257 e. The van der Waals surface area contributed by atoms with Crippen LogP contribution in [-0.2, 0) is 4.79 Å². The van der Waals surface area contributed by atoms with Crippen molar-refractivity contribution in [2.75, 3.05) is 47.4 Å². The number of hydrogen-bond acceptors (Lipinski definition) is 7. The van der Waals surface area contributed by atoms with Crippen LogP contribution in [0.4, 0.5) is 0 Å². The van der Waals surface area contributed by atoms with Gasteiger partial charge in [0.2, 0.25) is 5.91 Å². The second kappa shape index (κ2) is 10.5. The van der Waals surface area contributed by atoms with E-state index < -0.39 is 0 Å². The van der Waals surface area contributed by atoms with E-state index in [1.807, 2.05) is 14.1 Å². The molecule has 1 saturated heterocycles. The molecular formula is C22H32ClN7O3. The van der Waals surface area contributed by atoms with Crippen LogP contribution in [-0.4, -0.2) is 89.2 Å². The van der Waals surface area contributed by atoms with E-state index in [0.717, 1.165) is 6.54 Å². The van der Waals surface area contributed by atoms with Gasteiger partial charge in [-0.05, 0) is 48.8 Å². The lowest BCUT2D eigenvalue weighted by molar-refractivity contribution is -0.126. The van der Waals surface area contributed by atoms with Crippen LogP contribution in [0.15, 0.2) is 18.5 Å². The Kier molecular flexibility index (Phi) is 7.91.